The SMILES string of the molecule is C=CCN(CC=C)C(C=C)NC(=S)S. The first kappa shape index (κ1) is 13.4. The number of thiol groups is 1. The summed E-state index contributed by atoms with van der Waals surface area (Å²) in [6.07, 6.45) is 5.39. The standard InChI is InChI=1S/C10H16N2S2/c1-4-7-12(8-5-2)9(6-3)11-10(13)14/h4-6,9H,1-3,7-8H2,(H2,11,13,14). The van der Waals surface area contributed by atoms with Crippen LogP contribution in [0.15, 0.2) is 38.0 Å². The molecule has 0 spiro atoms. The van der Waals surface area contributed by atoms with Crippen molar-refractivity contribution in [2.45, 2.75) is 6.17 Å². The van der Waals surface area contributed by atoms with Gasteiger partial charge < -0.3 is 5.32 Å². The highest BCUT2D eigenvalue weighted by atomic mass is 32.1. The fourth-order valence-electron chi connectivity index (χ4n) is 1.06. The number of thiocarbonyl (C=S) groups is 1. The Hall–Kier alpha value is -0.580. The Morgan fingerprint density at radius 3 is 2.14 bits per heavy atom. The molecule has 1 N–H and O–H groups in total. The zero-order valence-electron chi connectivity index (χ0n) is 8.15. The molecule has 0 aliphatic rings. The summed E-state index contributed by atoms with van der Waals surface area (Å²) >= 11 is 8.87. The maximum Gasteiger partial charge on any atom is 0.132 e. The van der Waals surface area contributed by atoms with Gasteiger partial charge in [-0.25, -0.2) is 0 Å². The van der Waals surface area contributed by atoms with Crippen LogP contribution in [0.5, 0.6) is 0 Å². The highest BCUT2D eigenvalue weighted by Gasteiger charge is 2.11. The molecule has 2 nitrogen and oxygen atoms in total. The zero-order valence-corrected chi connectivity index (χ0v) is 9.86. The molecular weight excluding hydrogens is 212 g/mol. The van der Waals surface area contributed by atoms with E-state index in [-0.39, 0.29) is 6.17 Å². The Labute approximate surface area is 96.8 Å². The fourth-order valence-corrected chi connectivity index (χ4v) is 1.31. The van der Waals surface area contributed by atoms with E-state index in [0.29, 0.717) is 4.32 Å². The second-order valence-corrected chi connectivity index (χ2v) is 3.82. The van der Waals surface area contributed by atoms with E-state index in [1.165, 1.54) is 0 Å². The van der Waals surface area contributed by atoms with Gasteiger partial charge in [0.2, 0.25) is 0 Å². The van der Waals surface area contributed by atoms with Crippen molar-refractivity contribution in [2.24, 2.45) is 0 Å². The highest BCUT2D eigenvalue weighted by molar-refractivity contribution is 8.11. The van der Waals surface area contributed by atoms with Gasteiger partial charge in [0, 0.05) is 13.1 Å². The van der Waals surface area contributed by atoms with E-state index in [2.05, 4.69) is 42.6 Å². The summed E-state index contributed by atoms with van der Waals surface area (Å²) in [6, 6.07) is 0. The smallest absolute Gasteiger partial charge is 0.132 e. The van der Waals surface area contributed by atoms with Crippen LogP contribution >= 0.6 is 24.8 Å². The maximum absolute atomic E-state index is 4.85. The van der Waals surface area contributed by atoms with Crippen molar-refractivity contribution in [3.05, 3.63) is 38.0 Å². The van der Waals surface area contributed by atoms with Crippen LogP contribution in [0.3, 0.4) is 0 Å². The molecule has 0 heterocycles. The van der Waals surface area contributed by atoms with Crippen LogP contribution in [0.4, 0.5) is 0 Å². The third-order valence-corrected chi connectivity index (χ3v) is 1.86. The maximum atomic E-state index is 4.85. The first-order chi connectivity index (χ1) is 6.65. The summed E-state index contributed by atoms with van der Waals surface area (Å²) in [7, 11) is 0. The topological polar surface area (TPSA) is 15.3 Å². The molecule has 1 unspecified atom stereocenters. The number of hydrogen-bond donors (Lipinski definition) is 2. The quantitative estimate of drug-likeness (QED) is 0.300. The molecule has 0 bridgehead atoms. The molecule has 0 amide bonds. The van der Waals surface area contributed by atoms with Gasteiger partial charge in [-0.2, -0.15) is 0 Å². The number of nitrogens with one attached hydrogen (secondary N) is 1. The molecule has 0 aromatic carbocycles. The lowest BCUT2D eigenvalue weighted by Crippen LogP contribution is -2.45. The molecule has 0 saturated heterocycles. The van der Waals surface area contributed by atoms with E-state index >= 15 is 0 Å². The first-order valence-electron chi connectivity index (χ1n) is 4.23. The average molecular weight is 228 g/mol. The van der Waals surface area contributed by atoms with Gasteiger partial charge in [-0.05, 0) is 0 Å². The molecule has 0 rings (SSSR count). The van der Waals surface area contributed by atoms with Gasteiger partial charge in [0.25, 0.3) is 0 Å². The fraction of sp³-hybridized carbons (Fsp3) is 0.300. The molecule has 1 atom stereocenters. The van der Waals surface area contributed by atoms with Crippen molar-refractivity contribution in [2.75, 3.05) is 13.1 Å². The van der Waals surface area contributed by atoms with Crippen molar-refractivity contribution >= 4 is 29.2 Å². The molecular formula is C10H16N2S2. The molecule has 0 aliphatic heterocycles. The summed E-state index contributed by atoms with van der Waals surface area (Å²) in [4.78, 5) is 2.08. The van der Waals surface area contributed by atoms with Crippen molar-refractivity contribution in [1.29, 1.82) is 0 Å². The third-order valence-electron chi connectivity index (χ3n) is 1.62. The molecule has 4 heteroatoms. The van der Waals surface area contributed by atoms with E-state index in [0.717, 1.165) is 13.1 Å². The molecule has 0 aliphatic carbocycles. The van der Waals surface area contributed by atoms with Gasteiger partial charge in [-0.15, -0.1) is 25.8 Å². The molecule has 78 valence electrons. The van der Waals surface area contributed by atoms with E-state index < -0.39 is 0 Å². The largest absolute Gasteiger partial charge is 0.352 e. The minimum absolute atomic E-state index is 0.0315. The molecule has 14 heavy (non-hydrogen) atoms. The molecule has 0 fully saturated rings. The van der Waals surface area contributed by atoms with Crippen molar-refractivity contribution in [3.8, 4) is 0 Å². The molecule has 0 radical (unpaired) electrons. The van der Waals surface area contributed by atoms with E-state index in [9.17, 15) is 0 Å². The predicted molar refractivity (Wildman–Crippen MR) is 70.7 cm³/mol. The van der Waals surface area contributed by atoms with Crippen molar-refractivity contribution in [1.82, 2.24) is 10.2 Å². The Kier molecular flexibility index (Phi) is 7.47. The summed E-state index contributed by atoms with van der Waals surface area (Å²) in [5.74, 6) is 0. The van der Waals surface area contributed by atoms with Gasteiger partial charge in [-0.1, -0.05) is 37.0 Å². The summed E-state index contributed by atoms with van der Waals surface area (Å²) in [6.45, 7) is 12.6. The van der Waals surface area contributed by atoms with E-state index in [4.69, 9.17) is 12.2 Å². The monoisotopic (exact) mass is 228 g/mol. The Morgan fingerprint density at radius 1 is 1.36 bits per heavy atom. The van der Waals surface area contributed by atoms with Crippen molar-refractivity contribution in [3.63, 3.8) is 0 Å². The molecule has 0 saturated carbocycles. The number of rotatable bonds is 7. The van der Waals surface area contributed by atoms with Crippen LogP contribution < -0.4 is 5.32 Å². The molecule has 0 aromatic heterocycles. The lowest BCUT2D eigenvalue weighted by atomic mass is 10.3. The van der Waals surface area contributed by atoms with Crippen LogP contribution in [0.2, 0.25) is 0 Å². The van der Waals surface area contributed by atoms with Gasteiger partial charge in [-0.3, -0.25) is 4.90 Å². The van der Waals surface area contributed by atoms with Crippen LogP contribution in [-0.2, 0) is 0 Å². The Balaban J connectivity index is 4.38. The second-order valence-electron chi connectivity index (χ2n) is 2.66. The van der Waals surface area contributed by atoms with Crippen LogP contribution in [0.25, 0.3) is 0 Å². The lowest BCUT2D eigenvalue weighted by molar-refractivity contribution is 0.268. The first-order valence-corrected chi connectivity index (χ1v) is 5.09. The third kappa shape index (κ3) is 5.21. The summed E-state index contributed by atoms with van der Waals surface area (Å²) in [5.41, 5.74) is 0. The Bertz CT molecular complexity index is 216. The highest BCUT2D eigenvalue weighted by Crippen LogP contribution is 1.99. The predicted octanol–water partition coefficient (Wildman–Crippen LogP) is 1.98. The number of hydrogen-bond acceptors (Lipinski definition) is 2. The molecule has 0 aromatic rings. The van der Waals surface area contributed by atoms with Crippen LogP contribution in [0, 0.1) is 0 Å². The zero-order chi connectivity index (χ0) is 11.0. The van der Waals surface area contributed by atoms with Gasteiger partial charge in [0.05, 0.1) is 6.17 Å². The normalized spacial score (nSPS) is 11.9. The summed E-state index contributed by atoms with van der Waals surface area (Å²) in [5, 5.41) is 3.01. The average Bonchev–Trinajstić information content (AvgIpc) is 2.13. The van der Waals surface area contributed by atoms with Crippen LogP contribution in [0.1, 0.15) is 0 Å². The minimum Gasteiger partial charge on any atom is -0.352 e. The van der Waals surface area contributed by atoms with Crippen molar-refractivity contribution < 1.29 is 0 Å². The minimum atomic E-state index is -0.0315. The van der Waals surface area contributed by atoms with Gasteiger partial charge in [0.15, 0.2) is 0 Å². The lowest BCUT2D eigenvalue weighted by Gasteiger charge is -2.28. The van der Waals surface area contributed by atoms with Gasteiger partial charge in [0.1, 0.15) is 4.32 Å². The van der Waals surface area contributed by atoms with Gasteiger partial charge >= 0.3 is 0 Å². The second kappa shape index (κ2) is 7.79. The summed E-state index contributed by atoms with van der Waals surface area (Å²) < 4.78 is 0.452. The Morgan fingerprint density at radius 2 is 1.86 bits per heavy atom. The van der Waals surface area contributed by atoms with E-state index in [1.807, 2.05) is 12.2 Å². The van der Waals surface area contributed by atoms with Crippen LogP contribution in [-0.4, -0.2) is 28.5 Å². The van der Waals surface area contributed by atoms with E-state index in [1.54, 1.807) is 6.08 Å². The number of nitrogens with zero attached hydrogens (tertiary/aromatic N) is 1.